The van der Waals surface area contributed by atoms with Crippen molar-refractivity contribution in [1.82, 2.24) is 14.8 Å². The molecular formula is C18H27N3. The Morgan fingerprint density at radius 1 is 1.19 bits per heavy atom. The smallest absolute Gasteiger partial charge is 0.0483 e. The fraction of sp³-hybridized carbons (Fsp3) is 0.556. The van der Waals surface area contributed by atoms with Gasteiger partial charge in [0.15, 0.2) is 0 Å². The third kappa shape index (κ3) is 3.66. The van der Waals surface area contributed by atoms with E-state index in [1.165, 1.54) is 29.3 Å². The van der Waals surface area contributed by atoms with Crippen molar-refractivity contribution in [3.05, 3.63) is 36.0 Å². The highest BCUT2D eigenvalue weighted by molar-refractivity contribution is 5.80. The second kappa shape index (κ2) is 6.63. The molecular weight excluding hydrogens is 258 g/mol. The summed E-state index contributed by atoms with van der Waals surface area (Å²) in [7, 11) is 0. The molecule has 1 fully saturated rings. The van der Waals surface area contributed by atoms with Crippen LogP contribution in [0.2, 0.25) is 0 Å². The quantitative estimate of drug-likeness (QED) is 0.803. The standard InChI is InChI=1S/C18H27N3/c1-3-20(4-2)11-12-21-10-9-16-6-5-15(13-18(16)21)14-19-17-7-8-17/h5-6,9-10,13,17,19H,3-4,7-8,11-12,14H2,1-2H3. The lowest BCUT2D eigenvalue weighted by Crippen LogP contribution is -2.26. The molecule has 1 aromatic heterocycles. The lowest BCUT2D eigenvalue weighted by atomic mass is 10.1. The van der Waals surface area contributed by atoms with Crippen molar-refractivity contribution in [2.75, 3.05) is 19.6 Å². The van der Waals surface area contributed by atoms with Crippen molar-refractivity contribution in [3.63, 3.8) is 0 Å². The first kappa shape index (κ1) is 14.6. The lowest BCUT2D eigenvalue weighted by Gasteiger charge is -2.18. The molecule has 0 aliphatic heterocycles. The van der Waals surface area contributed by atoms with E-state index in [2.05, 4.69) is 59.1 Å². The number of hydrogen-bond donors (Lipinski definition) is 1. The van der Waals surface area contributed by atoms with Crippen molar-refractivity contribution < 1.29 is 0 Å². The Morgan fingerprint density at radius 2 is 2.00 bits per heavy atom. The van der Waals surface area contributed by atoms with Gasteiger partial charge in [0, 0.05) is 37.4 Å². The zero-order chi connectivity index (χ0) is 14.7. The fourth-order valence-electron chi connectivity index (χ4n) is 2.87. The summed E-state index contributed by atoms with van der Waals surface area (Å²) in [6.07, 6.45) is 4.93. The molecule has 1 heterocycles. The third-order valence-corrected chi connectivity index (χ3v) is 4.56. The highest BCUT2D eigenvalue weighted by atomic mass is 15.1. The Balaban J connectivity index is 1.70. The van der Waals surface area contributed by atoms with Gasteiger partial charge >= 0.3 is 0 Å². The van der Waals surface area contributed by atoms with Gasteiger partial charge in [0.2, 0.25) is 0 Å². The number of rotatable bonds is 8. The maximum absolute atomic E-state index is 3.60. The van der Waals surface area contributed by atoms with Gasteiger partial charge in [0.25, 0.3) is 0 Å². The van der Waals surface area contributed by atoms with Gasteiger partial charge in [-0.25, -0.2) is 0 Å². The molecule has 114 valence electrons. The lowest BCUT2D eigenvalue weighted by molar-refractivity contribution is 0.292. The largest absolute Gasteiger partial charge is 0.346 e. The van der Waals surface area contributed by atoms with E-state index >= 15 is 0 Å². The second-order valence-corrected chi connectivity index (χ2v) is 6.08. The van der Waals surface area contributed by atoms with Crippen LogP contribution < -0.4 is 5.32 Å². The molecule has 1 aliphatic carbocycles. The molecule has 0 saturated heterocycles. The van der Waals surface area contributed by atoms with Crippen LogP contribution in [0.5, 0.6) is 0 Å². The molecule has 2 aromatic rings. The SMILES string of the molecule is CCN(CC)CCn1ccc2ccc(CNC3CC3)cc21. The summed E-state index contributed by atoms with van der Waals surface area (Å²) in [5.74, 6) is 0. The van der Waals surface area contributed by atoms with E-state index < -0.39 is 0 Å². The van der Waals surface area contributed by atoms with Crippen LogP contribution in [0.4, 0.5) is 0 Å². The topological polar surface area (TPSA) is 20.2 Å². The number of nitrogens with one attached hydrogen (secondary N) is 1. The molecule has 3 nitrogen and oxygen atoms in total. The summed E-state index contributed by atoms with van der Waals surface area (Å²) >= 11 is 0. The Labute approximate surface area is 127 Å². The van der Waals surface area contributed by atoms with Crippen molar-refractivity contribution in [1.29, 1.82) is 0 Å². The summed E-state index contributed by atoms with van der Waals surface area (Å²) in [5, 5.41) is 4.95. The van der Waals surface area contributed by atoms with Crippen LogP contribution in [0.15, 0.2) is 30.5 Å². The van der Waals surface area contributed by atoms with E-state index in [0.29, 0.717) is 0 Å². The first-order valence-electron chi connectivity index (χ1n) is 8.33. The normalized spacial score (nSPS) is 15.2. The summed E-state index contributed by atoms with van der Waals surface area (Å²) in [6.45, 7) is 9.93. The van der Waals surface area contributed by atoms with Gasteiger partial charge in [-0.3, -0.25) is 0 Å². The predicted molar refractivity (Wildman–Crippen MR) is 89.6 cm³/mol. The number of fused-ring (bicyclic) bond motifs is 1. The molecule has 21 heavy (non-hydrogen) atoms. The van der Waals surface area contributed by atoms with Gasteiger partial charge < -0.3 is 14.8 Å². The van der Waals surface area contributed by atoms with E-state index in [0.717, 1.165) is 38.8 Å². The Hall–Kier alpha value is -1.32. The van der Waals surface area contributed by atoms with Crippen LogP contribution in [0.3, 0.4) is 0 Å². The average molecular weight is 285 g/mol. The second-order valence-electron chi connectivity index (χ2n) is 6.08. The van der Waals surface area contributed by atoms with Crippen molar-refractivity contribution in [2.45, 2.75) is 45.8 Å². The van der Waals surface area contributed by atoms with Crippen LogP contribution in [0, 0.1) is 0 Å². The van der Waals surface area contributed by atoms with Gasteiger partial charge in [-0.05, 0) is 49.0 Å². The van der Waals surface area contributed by atoms with E-state index in [9.17, 15) is 0 Å². The molecule has 1 aliphatic rings. The monoisotopic (exact) mass is 285 g/mol. The number of benzene rings is 1. The van der Waals surface area contributed by atoms with E-state index in [4.69, 9.17) is 0 Å². The molecule has 0 unspecified atom stereocenters. The molecule has 1 saturated carbocycles. The number of aromatic nitrogens is 1. The molecule has 0 spiro atoms. The van der Waals surface area contributed by atoms with Crippen LogP contribution in [0.1, 0.15) is 32.3 Å². The first-order valence-corrected chi connectivity index (χ1v) is 8.33. The fourth-order valence-corrected chi connectivity index (χ4v) is 2.87. The molecule has 0 atom stereocenters. The van der Waals surface area contributed by atoms with Crippen LogP contribution in [-0.4, -0.2) is 35.1 Å². The molecule has 3 heteroatoms. The van der Waals surface area contributed by atoms with Crippen molar-refractivity contribution in [2.24, 2.45) is 0 Å². The van der Waals surface area contributed by atoms with E-state index in [1.807, 2.05) is 0 Å². The summed E-state index contributed by atoms with van der Waals surface area (Å²) in [4.78, 5) is 2.48. The van der Waals surface area contributed by atoms with Gasteiger partial charge in [-0.2, -0.15) is 0 Å². The summed E-state index contributed by atoms with van der Waals surface area (Å²) in [5.41, 5.74) is 2.77. The van der Waals surface area contributed by atoms with Gasteiger partial charge in [0.1, 0.15) is 0 Å². The maximum atomic E-state index is 3.60. The zero-order valence-electron chi connectivity index (χ0n) is 13.3. The van der Waals surface area contributed by atoms with Crippen LogP contribution in [0.25, 0.3) is 10.9 Å². The van der Waals surface area contributed by atoms with Gasteiger partial charge in [0.05, 0.1) is 0 Å². The van der Waals surface area contributed by atoms with Gasteiger partial charge in [-0.1, -0.05) is 26.0 Å². The van der Waals surface area contributed by atoms with Crippen molar-refractivity contribution in [3.8, 4) is 0 Å². The van der Waals surface area contributed by atoms with E-state index in [-0.39, 0.29) is 0 Å². The Kier molecular flexibility index (Phi) is 4.61. The first-order chi connectivity index (χ1) is 10.3. The minimum Gasteiger partial charge on any atom is -0.346 e. The highest BCUT2D eigenvalue weighted by Gasteiger charge is 2.19. The average Bonchev–Trinajstić information content (AvgIpc) is 3.26. The number of likely N-dealkylation sites (N-methyl/N-ethyl adjacent to an activating group) is 1. The predicted octanol–water partition coefficient (Wildman–Crippen LogP) is 3.24. The highest BCUT2D eigenvalue weighted by Crippen LogP contribution is 2.21. The number of nitrogens with zero attached hydrogens (tertiary/aromatic N) is 2. The zero-order valence-corrected chi connectivity index (χ0v) is 13.3. The molecule has 0 bridgehead atoms. The van der Waals surface area contributed by atoms with Crippen LogP contribution in [-0.2, 0) is 13.1 Å². The molecule has 1 aromatic carbocycles. The minimum absolute atomic E-state index is 0.773. The van der Waals surface area contributed by atoms with Gasteiger partial charge in [-0.15, -0.1) is 0 Å². The number of hydrogen-bond acceptors (Lipinski definition) is 2. The molecule has 3 rings (SSSR count). The van der Waals surface area contributed by atoms with E-state index in [1.54, 1.807) is 0 Å². The summed E-state index contributed by atoms with van der Waals surface area (Å²) in [6, 6.07) is 9.87. The van der Waals surface area contributed by atoms with Crippen LogP contribution >= 0.6 is 0 Å². The Morgan fingerprint density at radius 3 is 2.71 bits per heavy atom. The molecule has 0 radical (unpaired) electrons. The molecule has 0 amide bonds. The Bertz CT molecular complexity index is 579. The maximum Gasteiger partial charge on any atom is 0.0483 e. The van der Waals surface area contributed by atoms with Crippen molar-refractivity contribution >= 4 is 10.9 Å². The summed E-state index contributed by atoms with van der Waals surface area (Å²) < 4.78 is 2.40. The minimum atomic E-state index is 0.773. The third-order valence-electron chi connectivity index (χ3n) is 4.56. The molecule has 1 N–H and O–H groups in total.